The number of nitrogens with zero attached hydrogens (tertiary/aromatic N) is 1. The molecule has 0 heterocycles. The van der Waals surface area contributed by atoms with E-state index < -0.39 is 4.92 Å². The minimum absolute atomic E-state index is 0.0575. The largest absolute Gasteiger partial charge is 0.379 e. The first-order valence-corrected chi connectivity index (χ1v) is 9.46. The van der Waals surface area contributed by atoms with Gasteiger partial charge >= 0.3 is 0 Å². The molecule has 0 aliphatic heterocycles. The van der Waals surface area contributed by atoms with Crippen LogP contribution >= 0.6 is 0 Å². The summed E-state index contributed by atoms with van der Waals surface area (Å²) >= 11 is 0. The maximum absolute atomic E-state index is 12.5. The molecule has 0 aromatic heterocycles. The predicted octanol–water partition coefficient (Wildman–Crippen LogP) is 3.69. The summed E-state index contributed by atoms with van der Waals surface area (Å²) < 4.78 is 0. The van der Waals surface area contributed by atoms with Crippen LogP contribution in [0.2, 0.25) is 0 Å². The van der Waals surface area contributed by atoms with E-state index in [4.69, 9.17) is 0 Å². The van der Waals surface area contributed by atoms with Gasteiger partial charge in [-0.3, -0.25) is 19.7 Å². The van der Waals surface area contributed by atoms with E-state index in [1.165, 1.54) is 12.1 Å². The molecular weight excluding hydrogens is 358 g/mol. The molecule has 28 heavy (non-hydrogen) atoms. The lowest BCUT2D eigenvalue weighted by molar-refractivity contribution is -0.384. The van der Waals surface area contributed by atoms with Crippen molar-refractivity contribution in [3.05, 3.63) is 69.8 Å². The van der Waals surface area contributed by atoms with Crippen LogP contribution in [0.4, 0.5) is 11.4 Å². The van der Waals surface area contributed by atoms with E-state index in [1.807, 2.05) is 0 Å². The quantitative estimate of drug-likeness (QED) is 0.413. The molecular formula is C21H23N3O4. The summed E-state index contributed by atoms with van der Waals surface area (Å²) in [5, 5.41) is 17.4. The second-order valence-corrected chi connectivity index (χ2v) is 6.91. The number of carbonyl (C=O) groups excluding carboxylic acids is 2. The highest BCUT2D eigenvalue weighted by atomic mass is 16.6. The van der Waals surface area contributed by atoms with E-state index in [9.17, 15) is 19.7 Å². The van der Waals surface area contributed by atoms with Gasteiger partial charge in [0.15, 0.2) is 5.78 Å². The predicted molar refractivity (Wildman–Crippen MR) is 106 cm³/mol. The summed E-state index contributed by atoms with van der Waals surface area (Å²) in [7, 11) is 0. The highest BCUT2D eigenvalue weighted by Gasteiger charge is 2.19. The monoisotopic (exact) mass is 381 g/mol. The van der Waals surface area contributed by atoms with Gasteiger partial charge in [0, 0.05) is 36.2 Å². The minimum atomic E-state index is -0.525. The Morgan fingerprint density at radius 3 is 2.43 bits per heavy atom. The van der Waals surface area contributed by atoms with Crippen molar-refractivity contribution >= 4 is 23.1 Å². The molecule has 2 aromatic carbocycles. The van der Waals surface area contributed by atoms with Gasteiger partial charge in [-0.2, -0.15) is 0 Å². The molecule has 0 radical (unpaired) electrons. The lowest BCUT2D eigenvalue weighted by Crippen LogP contribution is -2.33. The number of hydrogen-bond donors (Lipinski definition) is 2. The summed E-state index contributed by atoms with van der Waals surface area (Å²) in [6.07, 6.45) is 4.55. The van der Waals surface area contributed by atoms with E-state index in [0.717, 1.165) is 25.7 Å². The Kier molecular flexibility index (Phi) is 6.37. The molecule has 0 atom stereocenters. The number of benzene rings is 2. The summed E-state index contributed by atoms with van der Waals surface area (Å²) in [6.45, 7) is 0.283. The van der Waals surface area contributed by atoms with Crippen LogP contribution < -0.4 is 10.6 Å². The molecule has 1 fully saturated rings. The molecule has 146 valence electrons. The van der Waals surface area contributed by atoms with Crippen molar-refractivity contribution in [1.29, 1.82) is 0 Å². The number of anilines is 1. The van der Waals surface area contributed by atoms with Crippen LogP contribution in [0.3, 0.4) is 0 Å². The molecule has 2 N–H and O–H groups in total. The van der Waals surface area contributed by atoms with E-state index in [0.29, 0.717) is 11.3 Å². The van der Waals surface area contributed by atoms with E-state index in [2.05, 4.69) is 10.6 Å². The molecule has 2 aromatic rings. The third kappa shape index (κ3) is 4.94. The zero-order valence-electron chi connectivity index (χ0n) is 15.5. The average molecular weight is 381 g/mol. The average Bonchev–Trinajstić information content (AvgIpc) is 3.21. The van der Waals surface area contributed by atoms with Gasteiger partial charge in [0.2, 0.25) is 5.91 Å². The highest BCUT2D eigenvalue weighted by molar-refractivity contribution is 6.09. The van der Waals surface area contributed by atoms with Crippen LogP contribution in [0.5, 0.6) is 0 Å². The third-order valence-corrected chi connectivity index (χ3v) is 4.88. The number of nitro benzene ring substituents is 1. The molecule has 0 unspecified atom stereocenters. The first-order chi connectivity index (χ1) is 13.5. The second-order valence-electron chi connectivity index (χ2n) is 6.91. The fourth-order valence-electron chi connectivity index (χ4n) is 3.41. The Bertz CT molecular complexity index is 861. The number of carbonyl (C=O) groups is 2. The van der Waals surface area contributed by atoms with Gasteiger partial charge in [-0.05, 0) is 25.0 Å². The number of amides is 1. The van der Waals surface area contributed by atoms with Crippen molar-refractivity contribution in [2.75, 3.05) is 11.9 Å². The number of hydrogen-bond acceptors (Lipinski definition) is 5. The Balaban J connectivity index is 1.63. The van der Waals surface area contributed by atoms with Gasteiger partial charge in [-0.25, -0.2) is 0 Å². The Hall–Kier alpha value is -3.22. The SMILES string of the molecule is O=C(CCNc1ccc(C(=O)c2ccccc2)cc1[N+](=O)[O-])NC1CCCC1. The molecule has 1 saturated carbocycles. The van der Waals surface area contributed by atoms with Gasteiger partial charge in [0.1, 0.15) is 5.69 Å². The smallest absolute Gasteiger partial charge is 0.293 e. The molecule has 3 rings (SSSR count). The minimum Gasteiger partial charge on any atom is -0.379 e. The fraction of sp³-hybridized carbons (Fsp3) is 0.333. The van der Waals surface area contributed by atoms with E-state index >= 15 is 0 Å². The number of nitro groups is 1. The number of rotatable bonds is 8. The summed E-state index contributed by atoms with van der Waals surface area (Å²) in [4.78, 5) is 35.4. The van der Waals surface area contributed by atoms with E-state index in [-0.39, 0.29) is 41.9 Å². The fourth-order valence-corrected chi connectivity index (χ4v) is 3.41. The van der Waals surface area contributed by atoms with Crippen LogP contribution in [-0.4, -0.2) is 29.2 Å². The summed E-state index contributed by atoms with van der Waals surface area (Å²) in [6, 6.07) is 13.2. The van der Waals surface area contributed by atoms with Crippen molar-refractivity contribution in [2.45, 2.75) is 38.1 Å². The normalized spacial score (nSPS) is 13.9. The van der Waals surface area contributed by atoms with Gasteiger partial charge in [0.25, 0.3) is 5.69 Å². The van der Waals surface area contributed by atoms with Crippen LogP contribution in [0.15, 0.2) is 48.5 Å². The number of nitrogens with one attached hydrogen (secondary N) is 2. The Morgan fingerprint density at radius 2 is 1.75 bits per heavy atom. The van der Waals surface area contributed by atoms with Gasteiger partial charge in [0.05, 0.1) is 4.92 Å². The standard InChI is InChI=1S/C21H23N3O4/c25-20(23-17-8-4-5-9-17)12-13-22-18-11-10-16(14-19(18)24(27)28)21(26)15-6-2-1-3-7-15/h1-3,6-7,10-11,14,17,22H,4-5,8-9,12-13H2,(H,23,25). The lowest BCUT2D eigenvalue weighted by Gasteiger charge is -2.12. The number of ketones is 1. The molecule has 0 bridgehead atoms. The molecule has 7 heteroatoms. The van der Waals surface area contributed by atoms with Crippen molar-refractivity contribution in [3.63, 3.8) is 0 Å². The van der Waals surface area contributed by atoms with Crippen LogP contribution in [-0.2, 0) is 4.79 Å². The first-order valence-electron chi connectivity index (χ1n) is 9.46. The van der Waals surface area contributed by atoms with Gasteiger partial charge in [-0.15, -0.1) is 0 Å². The molecule has 7 nitrogen and oxygen atoms in total. The van der Waals surface area contributed by atoms with Crippen LogP contribution in [0.25, 0.3) is 0 Å². The Morgan fingerprint density at radius 1 is 1.04 bits per heavy atom. The maximum Gasteiger partial charge on any atom is 0.293 e. The molecule has 1 aliphatic carbocycles. The van der Waals surface area contributed by atoms with Crippen molar-refractivity contribution in [2.24, 2.45) is 0 Å². The molecule has 0 saturated heterocycles. The molecule has 1 amide bonds. The second kappa shape index (κ2) is 9.12. The van der Waals surface area contributed by atoms with E-state index in [1.54, 1.807) is 36.4 Å². The molecule has 0 spiro atoms. The molecule has 1 aliphatic rings. The maximum atomic E-state index is 12.5. The van der Waals surface area contributed by atoms with Gasteiger partial charge in [-0.1, -0.05) is 43.2 Å². The Labute approximate surface area is 163 Å². The van der Waals surface area contributed by atoms with Crippen molar-refractivity contribution in [1.82, 2.24) is 5.32 Å². The van der Waals surface area contributed by atoms with Crippen LogP contribution in [0.1, 0.15) is 48.0 Å². The topological polar surface area (TPSA) is 101 Å². The van der Waals surface area contributed by atoms with Crippen molar-refractivity contribution in [3.8, 4) is 0 Å². The first kappa shape index (κ1) is 19.5. The summed E-state index contributed by atoms with van der Waals surface area (Å²) in [5.74, 6) is -0.330. The van der Waals surface area contributed by atoms with Crippen LogP contribution in [0, 0.1) is 10.1 Å². The van der Waals surface area contributed by atoms with Gasteiger partial charge < -0.3 is 10.6 Å². The highest BCUT2D eigenvalue weighted by Crippen LogP contribution is 2.27. The lowest BCUT2D eigenvalue weighted by atomic mass is 10.0. The zero-order valence-corrected chi connectivity index (χ0v) is 15.5. The summed E-state index contributed by atoms with van der Waals surface area (Å²) in [5.41, 5.74) is 0.838. The van der Waals surface area contributed by atoms with Crippen molar-refractivity contribution < 1.29 is 14.5 Å². The third-order valence-electron chi connectivity index (χ3n) is 4.88. The zero-order chi connectivity index (χ0) is 19.9.